The van der Waals surface area contributed by atoms with Crippen LogP contribution in [0.1, 0.15) is 63.5 Å². The van der Waals surface area contributed by atoms with Crippen molar-refractivity contribution in [2.45, 2.75) is 64.2 Å². The molecule has 0 aromatic carbocycles. The average Bonchev–Trinajstić information content (AvgIpc) is 3.07. The fourth-order valence-electron chi connectivity index (χ4n) is 3.27. The number of hydrogen-bond acceptors (Lipinski definition) is 5. The van der Waals surface area contributed by atoms with E-state index in [4.69, 9.17) is 0 Å². The van der Waals surface area contributed by atoms with Crippen molar-refractivity contribution in [3.05, 3.63) is 11.1 Å². The number of thiazole rings is 1. The molecule has 0 atom stereocenters. The van der Waals surface area contributed by atoms with Crippen molar-refractivity contribution in [2.24, 2.45) is 5.92 Å². The summed E-state index contributed by atoms with van der Waals surface area (Å²) in [5, 5.41) is 11.4. The molecule has 1 fully saturated rings. The number of aromatic nitrogens is 1. The summed E-state index contributed by atoms with van der Waals surface area (Å²) in [6.45, 7) is 1.76. The van der Waals surface area contributed by atoms with E-state index in [1.807, 2.05) is 12.4 Å². The number of nitrogens with zero attached hydrogens (tertiary/aromatic N) is 1. The molecule has 2 rings (SSSR count). The molecule has 1 aromatic rings. The summed E-state index contributed by atoms with van der Waals surface area (Å²) in [6, 6.07) is 0. The minimum absolute atomic E-state index is 0.00268. The van der Waals surface area contributed by atoms with E-state index in [9.17, 15) is 9.59 Å². The summed E-state index contributed by atoms with van der Waals surface area (Å²) in [6.07, 6.45) is 10.1. The number of amides is 2. The molecule has 1 aliphatic rings. The molecule has 7 heteroatoms. The maximum Gasteiger partial charge on any atom is 0.226 e. The Bertz CT molecular complexity index is 555. The summed E-state index contributed by atoms with van der Waals surface area (Å²) in [4.78, 5) is 28.3. The molecule has 26 heavy (non-hydrogen) atoms. The zero-order valence-corrected chi connectivity index (χ0v) is 16.6. The molecule has 0 spiro atoms. The van der Waals surface area contributed by atoms with Crippen molar-refractivity contribution >= 4 is 28.3 Å². The first-order chi connectivity index (χ1) is 12.7. The van der Waals surface area contributed by atoms with Crippen LogP contribution in [0.5, 0.6) is 0 Å². The minimum atomic E-state index is -0.00268. The van der Waals surface area contributed by atoms with Crippen molar-refractivity contribution in [3.63, 3.8) is 0 Å². The monoisotopic (exact) mass is 380 g/mol. The van der Waals surface area contributed by atoms with Gasteiger partial charge in [-0.15, -0.1) is 11.3 Å². The van der Waals surface area contributed by atoms with Crippen molar-refractivity contribution in [1.29, 1.82) is 0 Å². The number of unbranched alkanes of at least 4 members (excludes halogenated alkanes) is 2. The highest BCUT2D eigenvalue weighted by Crippen LogP contribution is 2.22. The van der Waals surface area contributed by atoms with Crippen LogP contribution in [0.25, 0.3) is 0 Å². The lowest BCUT2D eigenvalue weighted by molar-refractivity contribution is -0.120. The smallest absolute Gasteiger partial charge is 0.226 e. The Balaban J connectivity index is 1.63. The molecule has 146 valence electrons. The highest BCUT2D eigenvalue weighted by molar-refractivity contribution is 7.13. The van der Waals surface area contributed by atoms with Crippen molar-refractivity contribution in [3.8, 4) is 0 Å². The summed E-state index contributed by atoms with van der Waals surface area (Å²) in [7, 11) is 1.93. The van der Waals surface area contributed by atoms with Crippen LogP contribution in [-0.2, 0) is 16.0 Å². The van der Waals surface area contributed by atoms with Crippen molar-refractivity contribution in [2.75, 3.05) is 25.5 Å². The number of rotatable bonds is 11. The van der Waals surface area contributed by atoms with Crippen LogP contribution in [0.15, 0.2) is 5.38 Å². The summed E-state index contributed by atoms with van der Waals surface area (Å²) >= 11 is 1.38. The SMILES string of the molecule is CNCCCCCC(=O)Nc1nc(CC(=O)NCC2CCCCC2)cs1. The summed E-state index contributed by atoms with van der Waals surface area (Å²) < 4.78 is 0. The summed E-state index contributed by atoms with van der Waals surface area (Å²) in [5.41, 5.74) is 0.723. The van der Waals surface area contributed by atoms with E-state index in [1.54, 1.807) is 0 Å². The fourth-order valence-corrected chi connectivity index (χ4v) is 3.99. The zero-order valence-electron chi connectivity index (χ0n) is 15.8. The lowest BCUT2D eigenvalue weighted by Crippen LogP contribution is -2.31. The maximum absolute atomic E-state index is 12.1. The number of carbonyl (C=O) groups excluding carboxylic acids is 2. The Morgan fingerprint density at radius 2 is 1.96 bits per heavy atom. The first kappa shape index (κ1) is 20.8. The van der Waals surface area contributed by atoms with Gasteiger partial charge in [-0.25, -0.2) is 4.98 Å². The second kappa shape index (κ2) is 12.0. The second-order valence-electron chi connectivity index (χ2n) is 7.09. The van der Waals surface area contributed by atoms with E-state index in [-0.39, 0.29) is 18.2 Å². The van der Waals surface area contributed by atoms with Gasteiger partial charge >= 0.3 is 0 Å². The Morgan fingerprint density at radius 3 is 2.73 bits per heavy atom. The van der Waals surface area contributed by atoms with E-state index in [0.29, 0.717) is 17.5 Å². The molecular formula is C19H32N4O2S. The van der Waals surface area contributed by atoms with Crippen molar-refractivity contribution in [1.82, 2.24) is 15.6 Å². The molecular weight excluding hydrogens is 348 g/mol. The fraction of sp³-hybridized carbons (Fsp3) is 0.737. The van der Waals surface area contributed by atoms with Gasteiger partial charge in [0.1, 0.15) is 0 Å². The molecule has 1 aliphatic carbocycles. The molecule has 6 nitrogen and oxygen atoms in total. The van der Waals surface area contributed by atoms with E-state index < -0.39 is 0 Å². The predicted molar refractivity (Wildman–Crippen MR) is 106 cm³/mol. The second-order valence-corrected chi connectivity index (χ2v) is 7.95. The van der Waals surface area contributed by atoms with Crippen LogP contribution in [-0.4, -0.2) is 36.9 Å². The van der Waals surface area contributed by atoms with Crippen LogP contribution >= 0.6 is 11.3 Å². The number of carbonyl (C=O) groups is 2. The third-order valence-electron chi connectivity index (χ3n) is 4.78. The van der Waals surface area contributed by atoms with E-state index in [2.05, 4.69) is 20.9 Å². The molecule has 1 aromatic heterocycles. The lowest BCUT2D eigenvalue weighted by Gasteiger charge is -2.21. The number of hydrogen-bond donors (Lipinski definition) is 3. The van der Waals surface area contributed by atoms with Crippen LogP contribution < -0.4 is 16.0 Å². The van der Waals surface area contributed by atoms with Crippen molar-refractivity contribution < 1.29 is 9.59 Å². The van der Waals surface area contributed by atoms with E-state index in [0.717, 1.165) is 38.0 Å². The molecule has 0 radical (unpaired) electrons. The molecule has 0 saturated heterocycles. The molecule has 0 aliphatic heterocycles. The van der Waals surface area contributed by atoms with Crippen LogP contribution in [0.2, 0.25) is 0 Å². The normalized spacial score (nSPS) is 15.0. The number of anilines is 1. The Hall–Kier alpha value is -1.47. The lowest BCUT2D eigenvalue weighted by atomic mass is 9.89. The predicted octanol–water partition coefficient (Wildman–Crippen LogP) is 3.10. The van der Waals surface area contributed by atoms with Gasteiger partial charge in [-0.1, -0.05) is 25.7 Å². The van der Waals surface area contributed by atoms with Crippen LogP contribution in [0.3, 0.4) is 0 Å². The van der Waals surface area contributed by atoms with Crippen LogP contribution in [0, 0.1) is 5.92 Å². The van der Waals surface area contributed by atoms with Gasteiger partial charge in [0.25, 0.3) is 0 Å². The first-order valence-electron chi connectivity index (χ1n) is 9.83. The van der Waals surface area contributed by atoms with Crippen LogP contribution in [0.4, 0.5) is 5.13 Å². The molecule has 2 amide bonds. The maximum atomic E-state index is 12.1. The van der Waals surface area contributed by atoms with Gasteiger partial charge in [-0.05, 0) is 45.2 Å². The third kappa shape index (κ3) is 8.27. The third-order valence-corrected chi connectivity index (χ3v) is 5.59. The molecule has 1 heterocycles. The first-order valence-corrected chi connectivity index (χ1v) is 10.7. The highest BCUT2D eigenvalue weighted by atomic mass is 32.1. The van der Waals surface area contributed by atoms with Gasteiger partial charge in [-0.3, -0.25) is 9.59 Å². The highest BCUT2D eigenvalue weighted by Gasteiger charge is 2.15. The molecule has 0 unspecified atom stereocenters. The Morgan fingerprint density at radius 1 is 1.15 bits per heavy atom. The van der Waals surface area contributed by atoms with Gasteiger partial charge < -0.3 is 16.0 Å². The Kier molecular flexibility index (Phi) is 9.63. The standard InChI is InChI=1S/C19H32N4O2S/c1-20-11-7-3-6-10-17(24)23-19-22-16(14-26-19)12-18(25)21-13-15-8-4-2-5-9-15/h14-15,20H,2-13H2,1H3,(H,21,25)(H,22,23,24). The topological polar surface area (TPSA) is 83.1 Å². The van der Waals surface area contributed by atoms with Gasteiger partial charge in [0.2, 0.25) is 11.8 Å². The van der Waals surface area contributed by atoms with E-state index in [1.165, 1.54) is 43.4 Å². The largest absolute Gasteiger partial charge is 0.355 e. The Labute approximate surface area is 160 Å². The van der Waals surface area contributed by atoms with Gasteiger partial charge in [0, 0.05) is 18.3 Å². The molecule has 1 saturated carbocycles. The van der Waals surface area contributed by atoms with Gasteiger partial charge in [0.05, 0.1) is 12.1 Å². The number of nitrogens with one attached hydrogen (secondary N) is 3. The molecule has 0 bridgehead atoms. The minimum Gasteiger partial charge on any atom is -0.355 e. The van der Waals surface area contributed by atoms with E-state index >= 15 is 0 Å². The summed E-state index contributed by atoms with van der Waals surface area (Å²) in [5.74, 6) is 0.645. The van der Waals surface area contributed by atoms with Gasteiger partial charge in [0.15, 0.2) is 5.13 Å². The van der Waals surface area contributed by atoms with Gasteiger partial charge in [-0.2, -0.15) is 0 Å². The quantitative estimate of drug-likeness (QED) is 0.515. The molecule has 3 N–H and O–H groups in total. The zero-order chi connectivity index (χ0) is 18.6. The average molecular weight is 381 g/mol.